The Kier molecular flexibility index (Phi) is 3.76. The van der Waals surface area contributed by atoms with Crippen LogP contribution in [-0.4, -0.2) is 22.3 Å². The van der Waals surface area contributed by atoms with E-state index < -0.39 is 0 Å². The molecule has 5 heteroatoms. The van der Waals surface area contributed by atoms with Gasteiger partial charge in [-0.2, -0.15) is 0 Å². The third-order valence-electron chi connectivity index (χ3n) is 3.72. The summed E-state index contributed by atoms with van der Waals surface area (Å²) in [6, 6.07) is 5.68. The first-order valence-electron chi connectivity index (χ1n) is 6.69. The summed E-state index contributed by atoms with van der Waals surface area (Å²) in [5, 5.41) is 2.47. The molecule has 0 unspecified atom stereocenters. The number of carbonyl (C=O) groups is 1. The minimum Gasteiger partial charge on any atom is -0.331 e. The summed E-state index contributed by atoms with van der Waals surface area (Å²) in [4.78, 5) is 20.0. The molecule has 3 heterocycles. The Bertz CT molecular complexity index is 640. The van der Waals surface area contributed by atoms with E-state index in [1.807, 2.05) is 4.90 Å². The molecule has 0 fully saturated rings. The van der Waals surface area contributed by atoms with Crippen molar-refractivity contribution in [3.05, 3.63) is 50.9 Å². The molecule has 0 bridgehead atoms. The lowest BCUT2D eigenvalue weighted by molar-refractivity contribution is 0.0657. The largest absolute Gasteiger partial charge is 0.331 e. The summed E-state index contributed by atoms with van der Waals surface area (Å²) in [5.74, 6) is 0.0398. The van der Waals surface area contributed by atoms with Crippen molar-refractivity contribution in [1.29, 1.82) is 0 Å². The summed E-state index contributed by atoms with van der Waals surface area (Å²) in [6.07, 6.45) is 3.44. The van der Waals surface area contributed by atoms with Gasteiger partial charge in [0.2, 0.25) is 0 Å². The van der Waals surface area contributed by atoms with Crippen LogP contribution in [0.15, 0.2) is 29.8 Å². The van der Waals surface area contributed by atoms with E-state index in [4.69, 9.17) is 11.6 Å². The van der Waals surface area contributed by atoms with Crippen LogP contribution >= 0.6 is 22.9 Å². The van der Waals surface area contributed by atoms with E-state index >= 15 is 0 Å². The Hall–Kier alpha value is -1.39. The number of hydrogen-bond donors (Lipinski definition) is 0. The average Bonchev–Trinajstić information content (AvgIpc) is 2.93. The second-order valence-electron chi connectivity index (χ2n) is 4.84. The number of carbonyl (C=O) groups excluding carboxylic acids is 1. The van der Waals surface area contributed by atoms with Crippen LogP contribution in [0.1, 0.15) is 40.2 Å². The smallest absolute Gasteiger partial charge is 0.254 e. The zero-order chi connectivity index (χ0) is 14.1. The van der Waals surface area contributed by atoms with Crippen LogP contribution in [0.2, 0.25) is 5.15 Å². The van der Waals surface area contributed by atoms with E-state index in [2.05, 4.69) is 23.4 Å². The van der Waals surface area contributed by atoms with E-state index in [9.17, 15) is 4.79 Å². The molecule has 0 saturated carbocycles. The van der Waals surface area contributed by atoms with Crippen LogP contribution in [0.5, 0.6) is 0 Å². The van der Waals surface area contributed by atoms with Crippen LogP contribution in [-0.2, 0) is 6.42 Å². The molecule has 1 amide bonds. The van der Waals surface area contributed by atoms with Crippen molar-refractivity contribution in [3.63, 3.8) is 0 Å². The van der Waals surface area contributed by atoms with Crippen molar-refractivity contribution in [2.24, 2.45) is 0 Å². The SMILES string of the molecule is CC[C@H]1c2ccsc2CCN1C(=O)c1ccnc(Cl)c1. The Morgan fingerprint density at radius 1 is 1.55 bits per heavy atom. The van der Waals surface area contributed by atoms with Gasteiger partial charge in [0.25, 0.3) is 5.91 Å². The van der Waals surface area contributed by atoms with Gasteiger partial charge < -0.3 is 4.90 Å². The summed E-state index contributed by atoms with van der Waals surface area (Å²) in [6.45, 7) is 2.89. The maximum atomic E-state index is 12.7. The van der Waals surface area contributed by atoms with Gasteiger partial charge in [0.15, 0.2) is 0 Å². The molecule has 3 nitrogen and oxygen atoms in total. The molecule has 0 aliphatic carbocycles. The van der Waals surface area contributed by atoms with Crippen LogP contribution < -0.4 is 0 Å². The number of amides is 1. The highest BCUT2D eigenvalue weighted by molar-refractivity contribution is 7.10. The van der Waals surface area contributed by atoms with Gasteiger partial charge in [0, 0.05) is 23.2 Å². The Balaban J connectivity index is 1.92. The molecule has 0 aromatic carbocycles. The number of halogens is 1. The molecule has 0 N–H and O–H groups in total. The topological polar surface area (TPSA) is 33.2 Å². The lowest BCUT2D eigenvalue weighted by atomic mass is 9.97. The number of fused-ring (bicyclic) bond motifs is 1. The highest BCUT2D eigenvalue weighted by atomic mass is 35.5. The van der Waals surface area contributed by atoms with Crippen LogP contribution in [0, 0.1) is 0 Å². The molecule has 0 saturated heterocycles. The number of thiophene rings is 1. The summed E-state index contributed by atoms with van der Waals surface area (Å²) < 4.78 is 0. The molecular formula is C15H15ClN2OS. The van der Waals surface area contributed by atoms with Crippen molar-refractivity contribution >= 4 is 28.8 Å². The maximum absolute atomic E-state index is 12.7. The van der Waals surface area contributed by atoms with Gasteiger partial charge in [-0.15, -0.1) is 11.3 Å². The van der Waals surface area contributed by atoms with E-state index in [-0.39, 0.29) is 11.9 Å². The van der Waals surface area contributed by atoms with Gasteiger partial charge in [-0.25, -0.2) is 4.98 Å². The number of hydrogen-bond acceptors (Lipinski definition) is 3. The van der Waals surface area contributed by atoms with E-state index in [1.165, 1.54) is 10.4 Å². The van der Waals surface area contributed by atoms with Gasteiger partial charge in [-0.1, -0.05) is 18.5 Å². The zero-order valence-electron chi connectivity index (χ0n) is 11.2. The molecule has 0 spiro atoms. The molecule has 2 aromatic rings. The predicted molar refractivity (Wildman–Crippen MR) is 81.3 cm³/mol. The van der Waals surface area contributed by atoms with Crippen LogP contribution in [0.25, 0.3) is 0 Å². The Morgan fingerprint density at radius 3 is 3.15 bits per heavy atom. The quantitative estimate of drug-likeness (QED) is 0.787. The van der Waals surface area contributed by atoms with Gasteiger partial charge >= 0.3 is 0 Å². The molecular weight excluding hydrogens is 292 g/mol. The fraction of sp³-hybridized carbons (Fsp3) is 0.333. The van der Waals surface area contributed by atoms with Crippen molar-refractivity contribution in [3.8, 4) is 0 Å². The number of rotatable bonds is 2. The van der Waals surface area contributed by atoms with E-state index in [0.717, 1.165) is 19.4 Å². The first-order chi connectivity index (χ1) is 9.70. The molecule has 3 rings (SSSR count). The van der Waals surface area contributed by atoms with Crippen molar-refractivity contribution in [2.45, 2.75) is 25.8 Å². The minimum absolute atomic E-state index is 0.0398. The molecule has 1 aliphatic heterocycles. The van der Waals surface area contributed by atoms with Crippen molar-refractivity contribution in [1.82, 2.24) is 9.88 Å². The number of nitrogens with zero attached hydrogens (tertiary/aromatic N) is 2. The second kappa shape index (κ2) is 5.54. The second-order valence-corrected chi connectivity index (χ2v) is 6.23. The third-order valence-corrected chi connectivity index (χ3v) is 4.92. The van der Waals surface area contributed by atoms with E-state index in [1.54, 1.807) is 29.7 Å². The van der Waals surface area contributed by atoms with Crippen LogP contribution in [0.4, 0.5) is 0 Å². The molecule has 1 atom stereocenters. The molecule has 1 aliphatic rings. The average molecular weight is 307 g/mol. The standard InChI is InChI=1S/C15H15ClN2OS/c1-2-12-11-5-8-20-13(11)4-7-18(12)15(19)10-3-6-17-14(16)9-10/h3,5-6,8-9,12H,2,4,7H2,1H3/t12-/m0/s1. The van der Waals surface area contributed by atoms with Crippen LogP contribution in [0.3, 0.4) is 0 Å². The van der Waals surface area contributed by atoms with Gasteiger partial charge in [-0.3, -0.25) is 4.79 Å². The number of pyridine rings is 1. The zero-order valence-corrected chi connectivity index (χ0v) is 12.7. The molecule has 2 aromatic heterocycles. The summed E-state index contributed by atoms with van der Waals surface area (Å²) in [7, 11) is 0. The molecule has 20 heavy (non-hydrogen) atoms. The minimum atomic E-state index is 0.0398. The summed E-state index contributed by atoms with van der Waals surface area (Å²) >= 11 is 7.67. The van der Waals surface area contributed by atoms with Gasteiger partial charge in [0.1, 0.15) is 5.15 Å². The normalized spacial score (nSPS) is 17.9. The predicted octanol–water partition coefficient (Wildman–Crippen LogP) is 3.95. The van der Waals surface area contributed by atoms with Gasteiger partial charge in [0.05, 0.1) is 6.04 Å². The monoisotopic (exact) mass is 306 g/mol. The van der Waals surface area contributed by atoms with E-state index in [0.29, 0.717) is 10.7 Å². The Morgan fingerprint density at radius 2 is 2.40 bits per heavy atom. The first-order valence-corrected chi connectivity index (χ1v) is 7.95. The highest BCUT2D eigenvalue weighted by Gasteiger charge is 2.30. The Labute approximate surface area is 127 Å². The third kappa shape index (κ3) is 2.34. The fourth-order valence-corrected chi connectivity index (χ4v) is 3.88. The molecule has 104 valence electrons. The van der Waals surface area contributed by atoms with Gasteiger partial charge in [-0.05, 0) is 42.0 Å². The number of aromatic nitrogens is 1. The van der Waals surface area contributed by atoms with Crippen molar-refractivity contribution in [2.75, 3.05) is 6.54 Å². The first kappa shape index (κ1) is 13.6. The fourth-order valence-electron chi connectivity index (χ4n) is 2.78. The lowest BCUT2D eigenvalue weighted by Crippen LogP contribution is -2.39. The molecule has 0 radical (unpaired) electrons. The maximum Gasteiger partial charge on any atom is 0.254 e. The highest BCUT2D eigenvalue weighted by Crippen LogP contribution is 2.36. The summed E-state index contributed by atoms with van der Waals surface area (Å²) in [5.41, 5.74) is 1.92. The lowest BCUT2D eigenvalue weighted by Gasteiger charge is -2.35. The van der Waals surface area contributed by atoms with Crippen molar-refractivity contribution < 1.29 is 4.79 Å².